The number of anilines is 1. The molecule has 0 aliphatic carbocycles. The fourth-order valence-electron chi connectivity index (χ4n) is 4.28. The van der Waals surface area contributed by atoms with Gasteiger partial charge in [0, 0.05) is 48.5 Å². The van der Waals surface area contributed by atoms with Gasteiger partial charge in [-0.25, -0.2) is 4.98 Å². The Morgan fingerprint density at radius 1 is 1.17 bits per heavy atom. The van der Waals surface area contributed by atoms with E-state index in [0.717, 1.165) is 78.6 Å². The van der Waals surface area contributed by atoms with Crippen molar-refractivity contribution in [2.75, 3.05) is 45.7 Å². The maximum atomic E-state index is 5.99. The molecule has 1 fully saturated rings. The Bertz CT molecular complexity index is 1060. The van der Waals surface area contributed by atoms with Gasteiger partial charge in [-0.2, -0.15) is 4.98 Å². The van der Waals surface area contributed by atoms with E-state index in [1.54, 1.807) is 7.11 Å². The van der Waals surface area contributed by atoms with Crippen LogP contribution in [0.1, 0.15) is 28.1 Å². The van der Waals surface area contributed by atoms with E-state index in [2.05, 4.69) is 30.6 Å². The van der Waals surface area contributed by atoms with E-state index in [0.29, 0.717) is 12.5 Å². The number of nitrogen functional groups attached to an aromatic ring is 1. The molecule has 0 radical (unpaired) electrons. The third-order valence-corrected chi connectivity index (χ3v) is 5.86. The van der Waals surface area contributed by atoms with Crippen LogP contribution in [0.2, 0.25) is 0 Å². The van der Waals surface area contributed by atoms with Gasteiger partial charge < -0.3 is 19.8 Å². The molecule has 160 valence electrons. The van der Waals surface area contributed by atoms with Crippen molar-refractivity contribution in [1.82, 2.24) is 24.4 Å². The molecule has 8 heteroatoms. The van der Waals surface area contributed by atoms with E-state index < -0.39 is 0 Å². The highest BCUT2D eigenvalue weighted by atomic mass is 16.5. The zero-order chi connectivity index (χ0) is 21.3. The maximum absolute atomic E-state index is 5.99. The van der Waals surface area contributed by atoms with Crippen LogP contribution in [0.3, 0.4) is 0 Å². The average Bonchev–Trinajstić information content (AvgIpc) is 3.07. The normalized spacial score (nSPS) is 15.1. The highest BCUT2D eigenvalue weighted by molar-refractivity contribution is 5.84. The van der Waals surface area contributed by atoms with E-state index in [1.165, 1.54) is 5.56 Å². The van der Waals surface area contributed by atoms with Gasteiger partial charge in [0.2, 0.25) is 5.95 Å². The molecule has 3 aromatic rings. The van der Waals surface area contributed by atoms with Crippen LogP contribution in [0.4, 0.5) is 5.95 Å². The first kappa shape index (κ1) is 20.6. The van der Waals surface area contributed by atoms with Gasteiger partial charge in [-0.3, -0.25) is 9.88 Å². The Morgan fingerprint density at radius 3 is 2.67 bits per heavy atom. The number of morpholine rings is 1. The van der Waals surface area contributed by atoms with Crippen molar-refractivity contribution in [3.8, 4) is 5.75 Å². The van der Waals surface area contributed by atoms with Crippen molar-refractivity contribution in [2.45, 2.75) is 33.7 Å². The zero-order valence-corrected chi connectivity index (χ0v) is 18.2. The summed E-state index contributed by atoms with van der Waals surface area (Å²) in [6.45, 7) is 11.2. The van der Waals surface area contributed by atoms with Gasteiger partial charge in [0.25, 0.3) is 0 Å². The Kier molecular flexibility index (Phi) is 5.87. The first-order chi connectivity index (χ1) is 14.5. The molecule has 0 spiro atoms. The standard InChI is InChI=1S/C22H30N6O2/c1-14-11-24-18(15(2)20(14)29-4)13-28-12-17(5-6-27-7-9-30-10-8-27)19-16(3)25-22(23)26-21(19)28/h11-12H,5-10,13H2,1-4H3,(H2,23,25,26). The van der Waals surface area contributed by atoms with Crippen molar-refractivity contribution in [2.24, 2.45) is 0 Å². The fraction of sp³-hybridized carbons (Fsp3) is 0.500. The van der Waals surface area contributed by atoms with Crippen LogP contribution < -0.4 is 10.5 Å². The number of methoxy groups -OCH3 is 1. The van der Waals surface area contributed by atoms with E-state index in [1.807, 2.05) is 27.0 Å². The van der Waals surface area contributed by atoms with Crippen LogP contribution >= 0.6 is 0 Å². The molecule has 1 aliphatic heterocycles. The van der Waals surface area contributed by atoms with Gasteiger partial charge in [0.1, 0.15) is 11.4 Å². The highest BCUT2D eigenvalue weighted by Gasteiger charge is 2.18. The summed E-state index contributed by atoms with van der Waals surface area (Å²) in [4.78, 5) is 16.1. The summed E-state index contributed by atoms with van der Waals surface area (Å²) in [5.74, 6) is 1.18. The summed E-state index contributed by atoms with van der Waals surface area (Å²) in [6.07, 6.45) is 4.97. The first-order valence-electron chi connectivity index (χ1n) is 10.4. The molecule has 0 bridgehead atoms. The largest absolute Gasteiger partial charge is 0.496 e. The zero-order valence-electron chi connectivity index (χ0n) is 18.2. The third-order valence-electron chi connectivity index (χ3n) is 5.86. The van der Waals surface area contributed by atoms with Gasteiger partial charge >= 0.3 is 0 Å². The van der Waals surface area contributed by atoms with Crippen molar-refractivity contribution in [3.63, 3.8) is 0 Å². The molecule has 1 aliphatic rings. The van der Waals surface area contributed by atoms with Crippen LogP contribution in [0.25, 0.3) is 11.0 Å². The van der Waals surface area contributed by atoms with Crippen molar-refractivity contribution in [1.29, 1.82) is 0 Å². The predicted octanol–water partition coefficient (Wildman–Crippen LogP) is 2.27. The molecule has 4 heterocycles. The molecule has 0 unspecified atom stereocenters. The quantitative estimate of drug-likeness (QED) is 0.666. The maximum Gasteiger partial charge on any atom is 0.222 e. The van der Waals surface area contributed by atoms with Crippen LogP contribution in [0.15, 0.2) is 12.4 Å². The SMILES string of the molecule is COc1c(C)cnc(Cn2cc(CCN3CCOCC3)c3c(C)nc(N)nc32)c1C. The lowest BCUT2D eigenvalue weighted by Crippen LogP contribution is -2.37. The molecule has 30 heavy (non-hydrogen) atoms. The minimum absolute atomic E-state index is 0.297. The van der Waals surface area contributed by atoms with Gasteiger partial charge in [-0.05, 0) is 32.8 Å². The second-order valence-corrected chi connectivity index (χ2v) is 7.90. The lowest BCUT2D eigenvalue weighted by molar-refractivity contribution is 0.0385. The third kappa shape index (κ3) is 3.97. The number of hydrogen-bond donors (Lipinski definition) is 1. The summed E-state index contributed by atoms with van der Waals surface area (Å²) in [6, 6.07) is 0. The summed E-state index contributed by atoms with van der Waals surface area (Å²) in [7, 11) is 1.70. The van der Waals surface area contributed by atoms with Gasteiger partial charge in [0.05, 0.1) is 38.3 Å². The number of pyridine rings is 1. The molecule has 2 N–H and O–H groups in total. The van der Waals surface area contributed by atoms with Crippen molar-refractivity contribution >= 4 is 17.0 Å². The van der Waals surface area contributed by atoms with Crippen LogP contribution in [0.5, 0.6) is 5.75 Å². The van der Waals surface area contributed by atoms with E-state index in [-0.39, 0.29) is 0 Å². The van der Waals surface area contributed by atoms with Crippen LogP contribution in [-0.4, -0.2) is 64.4 Å². The molecule has 1 saturated heterocycles. The second kappa shape index (κ2) is 8.57. The smallest absolute Gasteiger partial charge is 0.222 e. The molecular formula is C22H30N6O2. The fourth-order valence-corrected chi connectivity index (χ4v) is 4.28. The number of aromatic nitrogens is 4. The van der Waals surface area contributed by atoms with Crippen LogP contribution in [-0.2, 0) is 17.7 Å². The molecule has 0 saturated carbocycles. The Labute approximate surface area is 177 Å². The number of fused-ring (bicyclic) bond motifs is 1. The van der Waals surface area contributed by atoms with Gasteiger partial charge in [0.15, 0.2) is 0 Å². The van der Waals surface area contributed by atoms with Gasteiger partial charge in [-0.1, -0.05) is 0 Å². The number of nitrogens with zero attached hydrogens (tertiary/aromatic N) is 5. The number of rotatable bonds is 6. The summed E-state index contributed by atoms with van der Waals surface area (Å²) < 4.78 is 13.2. The van der Waals surface area contributed by atoms with E-state index in [4.69, 9.17) is 15.2 Å². The minimum Gasteiger partial charge on any atom is -0.496 e. The minimum atomic E-state index is 0.297. The number of hydrogen-bond acceptors (Lipinski definition) is 7. The molecule has 0 aromatic carbocycles. The summed E-state index contributed by atoms with van der Waals surface area (Å²) >= 11 is 0. The van der Waals surface area contributed by atoms with Crippen molar-refractivity contribution < 1.29 is 9.47 Å². The lowest BCUT2D eigenvalue weighted by Gasteiger charge is -2.26. The summed E-state index contributed by atoms with van der Waals surface area (Å²) in [5.41, 5.74) is 12.0. The average molecular weight is 411 g/mol. The molecule has 8 nitrogen and oxygen atoms in total. The van der Waals surface area contributed by atoms with E-state index >= 15 is 0 Å². The number of aryl methyl sites for hydroxylation is 2. The number of ether oxygens (including phenoxy) is 2. The van der Waals surface area contributed by atoms with Crippen molar-refractivity contribution in [3.05, 3.63) is 40.5 Å². The molecular weight excluding hydrogens is 380 g/mol. The topological polar surface area (TPSA) is 91.3 Å². The Balaban J connectivity index is 1.69. The monoisotopic (exact) mass is 410 g/mol. The Morgan fingerprint density at radius 2 is 1.93 bits per heavy atom. The molecule has 0 atom stereocenters. The second-order valence-electron chi connectivity index (χ2n) is 7.90. The highest BCUT2D eigenvalue weighted by Crippen LogP contribution is 2.28. The van der Waals surface area contributed by atoms with E-state index in [9.17, 15) is 0 Å². The summed E-state index contributed by atoms with van der Waals surface area (Å²) in [5, 5.41) is 1.09. The first-order valence-corrected chi connectivity index (χ1v) is 10.4. The van der Waals surface area contributed by atoms with Gasteiger partial charge in [-0.15, -0.1) is 0 Å². The van der Waals surface area contributed by atoms with Crippen LogP contribution in [0, 0.1) is 20.8 Å². The predicted molar refractivity (Wildman–Crippen MR) is 117 cm³/mol. The molecule has 3 aromatic heterocycles. The molecule has 0 amide bonds. The Hall–Kier alpha value is -2.71. The molecule has 4 rings (SSSR count). The number of nitrogens with two attached hydrogens (primary N) is 1. The lowest BCUT2D eigenvalue weighted by atomic mass is 10.1.